The number of hydrogen-bond acceptors (Lipinski definition) is 4. The molecule has 0 spiro atoms. The van der Waals surface area contributed by atoms with Gasteiger partial charge in [0.05, 0.1) is 12.2 Å². The molecule has 2 atom stereocenters. The summed E-state index contributed by atoms with van der Waals surface area (Å²) in [5, 5.41) is 3.57. The average molecular weight is 300 g/mol. The summed E-state index contributed by atoms with van der Waals surface area (Å²) in [6, 6.07) is 0.524. The second-order valence-electron chi connectivity index (χ2n) is 7.14. The highest BCUT2D eigenvalue weighted by Crippen LogP contribution is 2.18. The van der Waals surface area contributed by atoms with Gasteiger partial charge < -0.3 is 19.7 Å². The van der Waals surface area contributed by atoms with Crippen LogP contribution in [0.15, 0.2) is 0 Å². The zero-order chi connectivity index (χ0) is 16.0. The summed E-state index contributed by atoms with van der Waals surface area (Å²) in [7, 11) is 1.78. The summed E-state index contributed by atoms with van der Waals surface area (Å²) in [6.07, 6.45) is 3.45. The zero-order valence-corrected chi connectivity index (χ0v) is 14.4. The summed E-state index contributed by atoms with van der Waals surface area (Å²) >= 11 is 0. The van der Waals surface area contributed by atoms with Crippen LogP contribution in [-0.4, -0.2) is 55.0 Å². The van der Waals surface area contributed by atoms with Gasteiger partial charge in [-0.3, -0.25) is 0 Å². The second-order valence-corrected chi connectivity index (χ2v) is 7.14. The third kappa shape index (κ3) is 7.67. The van der Waals surface area contributed by atoms with E-state index in [-0.39, 0.29) is 6.09 Å². The van der Waals surface area contributed by atoms with E-state index in [1.54, 1.807) is 11.9 Å². The van der Waals surface area contributed by atoms with E-state index in [4.69, 9.17) is 9.47 Å². The highest BCUT2D eigenvalue weighted by atomic mass is 16.6. The first kappa shape index (κ1) is 18.2. The number of nitrogens with zero attached hydrogens (tertiary/aromatic N) is 1. The normalized spacial score (nSPS) is 26.5. The van der Waals surface area contributed by atoms with E-state index in [1.807, 2.05) is 20.8 Å². The molecule has 1 saturated heterocycles. The minimum Gasteiger partial charge on any atom is -0.444 e. The summed E-state index contributed by atoms with van der Waals surface area (Å²) in [5.74, 6) is 0. The van der Waals surface area contributed by atoms with Crippen molar-refractivity contribution in [3.05, 3.63) is 0 Å². The first-order valence-electron chi connectivity index (χ1n) is 8.00. The lowest BCUT2D eigenvalue weighted by Crippen LogP contribution is -2.42. The zero-order valence-electron chi connectivity index (χ0n) is 14.4. The van der Waals surface area contributed by atoms with Crippen LogP contribution in [0.2, 0.25) is 0 Å². The maximum atomic E-state index is 11.8. The quantitative estimate of drug-likeness (QED) is 0.793. The van der Waals surface area contributed by atoms with Crippen LogP contribution < -0.4 is 5.32 Å². The van der Waals surface area contributed by atoms with Crippen molar-refractivity contribution in [2.24, 2.45) is 0 Å². The van der Waals surface area contributed by atoms with Gasteiger partial charge in [0.1, 0.15) is 5.60 Å². The van der Waals surface area contributed by atoms with Gasteiger partial charge in [0.15, 0.2) is 0 Å². The lowest BCUT2D eigenvalue weighted by molar-refractivity contribution is -0.0420. The average Bonchev–Trinajstić information content (AvgIpc) is 2.31. The Hall–Kier alpha value is -0.810. The Kier molecular flexibility index (Phi) is 6.94. The molecule has 0 aromatic carbocycles. The van der Waals surface area contributed by atoms with Crippen molar-refractivity contribution in [1.29, 1.82) is 0 Å². The molecule has 1 rings (SSSR count). The molecule has 0 aromatic heterocycles. The molecule has 0 bridgehead atoms. The van der Waals surface area contributed by atoms with E-state index in [1.165, 1.54) is 0 Å². The van der Waals surface area contributed by atoms with E-state index in [2.05, 4.69) is 19.2 Å². The van der Waals surface area contributed by atoms with Gasteiger partial charge in [-0.2, -0.15) is 0 Å². The number of carbonyl (C=O) groups excluding carboxylic acids is 1. The van der Waals surface area contributed by atoms with Gasteiger partial charge in [-0.1, -0.05) is 0 Å². The molecule has 5 nitrogen and oxygen atoms in total. The minimum atomic E-state index is -0.433. The van der Waals surface area contributed by atoms with Crippen molar-refractivity contribution in [1.82, 2.24) is 10.2 Å². The van der Waals surface area contributed by atoms with E-state index in [9.17, 15) is 4.79 Å². The van der Waals surface area contributed by atoms with E-state index < -0.39 is 5.60 Å². The highest BCUT2D eigenvalue weighted by Gasteiger charge is 2.24. The number of hydrogen-bond donors (Lipinski definition) is 1. The SMILES string of the molecule is CC1CC(NCCCN(C)C(=O)OC(C)(C)C)CC(C)O1. The van der Waals surface area contributed by atoms with Crippen LogP contribution in [0.25, 0.3) is 0 Å². The first-order valence-corrected chi connectivity index (χ1v) is 8.00. The molecule has 5 heteroatoms. The Morgan fingerprint density at radius 2 is 1.86 bits per heavy atom. The molecule has 0 aliphatic carbocycles. The molecule has 0 saturated carbocycles. The Bertz CT molecular complexity index is 318. The molecular formula is C16H32N2O3. The predicted molar refractivity (Wildman–Crippen MR) is 84.5 cm³/mol. The summed E-state index contributed by atoms with van der Waals surface area (Å²) in [4.78, 5) is 13.4. The van der Waals surface area contributed by atoms with Crippen molar-refractivity contribution >= 4 is 6.09 Å². The van der Waals surface area contributed by atoms with Gasteiger partial charge >= 0.3 is 6.09 Å². The van der Waals surface area contributed by atoms with Gasteiger partial charge in [0.2, 0.25) is 0 Å². The van der Waals surface area contributed by atoms with E-state index >= 15 is 0 Å². The monoisotopic (exact) mass is 300 g/mol. The van der Waals surface area contributed by atoms with Crippen molar-refractivity contribution in [2.75, 3.05) is 20.1 Å². The Morgan fingerprint density at radius 1 is 1.29 bits per heavy atom. The largest absolute Gasteiger partial charge is 0.444 e. The summed E-state index contributed by atoms with van der Waals surface area (Å²) < 4.78 is 11.1. The van der Waals surface area contributed by atoms with Gasteiger partial charge in [-0.05, 0) is 60.4 Å². The van der Waals surface area contributed by atoms with E-state index in [0.717, 1.165) is 25.8 Å². The van der Waals surface area contributed by atoms with E-state index in [0.29, 0.717) is 24.8 Å². The number of nitrogens with one attached hydrogen (secondary N) is 1. The standard InChI is InChI=1S/C16H32N2O3/c1-12-10-14(11-13(2)20-12)17-8-7-9-18(6)15(19)21-16(3,4)5/h12-14,17H,7-11H2,1-6H3. The molecular weight excluding hydrogens is 268 g/mol. The highest BCUT2D eigenvalue weighted by molar-refractivity contribution is 5.67. The van der Waals surface area contributed by atoms with Crippen molar-refractivity contribution in [3.63, 3.8) is 0 Å². The third-order valence-electron chi connectivity index (χ3n) is 3.51. The maximum Gasteiger partial charge on any atom is 0.410 e. The fourth-order valence-electron chi connectivity index (χ4n) is 2.63. The number of carbonyl (C=O) groups is 1. The van der Waals surface area contributed by atoms with Crippen LogP contribution in [0.1, 0.15) is 53.9 Å². The Balaban J connectivity index is 2.17. The Morgan fingerprint density at radius 3 is 2.38 bits per heavy atom. The van der Waals surface area contributed by atoms with Gasteiger partial charge in [0, 0.05) is 19.6 Å². The van der Waals surface area contributed by atoms with Gasteiger partial charge in [-0.25, -0.2) is 4.79 Å². The third-order valence-corrected chi connectivity index (χ3v) is 3.51. The molecule has 1 aliphatic heterocycles. The van der Waals surface area contributed by atoms with Crippen LogP contribution >= 0.6 is 0 Å². The summed E-state index contributed by atoms with van der Waals surface area (Å²) in [5.41, 5.74) is -0.433. The number of rotatable bonds is 5. The summed E-state index contributed by atoms with van der Waals surface area (Å²) in [6.45, 7) is 11.5. The van der Waals surface area contributed by atoms with Crippen LogP contribution in [0.5, 0.6) is 0 Å². The topological polar surface area (TPSA) is 50.8 Å². The lowest BCUT2D eigenvalue weighted by Gasteiger charge is -2.32. The first-order chi connectivity index (χ1) is 9.67. The molecule has 1 N–H and O–H groups in total. The number of ether oxygens (including phenoxy) is 2. The van der Waals surface area contributed by atoms with Gasteiger partial charge in [0.25, 0.3) is 0 Å². The molecule has 1 amide bonds. The molecule has 1 aliphatic rings. The maximum absolute atomic E-state index is 11.8. The molecule has 1 fully saturated rings. The molecule has 2 unspecified atom stereocenters. The van der Waals surface area contributed by atoms with Crippen LogP contribution in [-0.2, 0) is 9.47 Å². The van der Waals surface area contributed by atoms with Crippen LogP contribution in [0.3, 0.4) is 0 Å². The predicted octanol–water partition coefficient (Wildman–Crippen LogP) is 2.79. The molecule has 0 radical (unpaired) electrons. The lowest BCUT2D eigenvalue weighted by atomic mass is 10.00. The van der Waals surface area contributed by atoms with Crippen molar-refractivity contribution in [3.8, 4) is 0 Å². The minimum absolute atomic E-state index is 0.254. The molecule has 124 valence electrons. The van der Waals surface area contributed by atoms with Crippen molar-refractivity contribution < 1.29 is 14.3 Å². The molecule has 1 heterocycles. The molecule has 21 heavy (non-hydrogen) atoms. The second kappa shape index (κ2) is 7.99. The fraction of sp³-hybridized carbons (Fsp3) is 0.938. The number of amides is 1. The van der Waals surface area contributed by atoms with Gasteiger partial charge in [-0.15, -0.1) is 0 Å². The molecule has 0 aromatic rings. The Labute approximate surface area is 129 Å². The van der Waals surface area contributed by atoms with Crippen molar-refractivity contribution in [2.45, 2.75) is 77.7 Å². The van der Waals surface area contributed by atoms with Crippen LogP contribution in [0.4, 0.5) is 4.79 Å². The fourth-order valence-corrected chi connectivity index (χ4v) is 2.63. The van der Waals surface area contributed by atoms with Crippen LogP contribution in [0, 0.1) is 0 Å². The smallest absolute Gasteiger partial charge is 0.410 e.